The van der Waals surface area contributed by atoms with Crippen molar-refractivity contribution in [1.29, 1.82) is 0 Å². The molecule has 1 aromatic carbocycles. The first-order valence-corrected chi connectivity index (χ1v) is 9.54. The quantitative estimate of drug-likeness (QED) is 0.786. The van der Waals surface area contributed by atoms with E-state index in [1.54, 1.807) is 0 Å². The highest BCUT2D eigenvalue weighted by Crippen LogP contribution is 2.24. The van der Waals surface area contributed by atoms with Gasteiger partial charge in [-0.05, 0) is 19.2 Å². The first-order valence-electron chi connectivity index (χ1n) is 6.21. The summed E-state index contributed by atoms with van der Waals surface area (Å²) in [5, 5.41) is 0. The zero-order valence-corrected chi connectivity index (χ0v) is 13.1. The van der Waals surface area contributed by atoms with Gasteiger partial charge in [0.2, 0.25) is 10.0 Å². The van der Waals surface area contributed by atoms with Gasteiger partial charge in [0.05, 0.1) is 4.90 Å². The summed E-state index contributed by atoms with van der Waals surface area (Å²) < 4.78 is 50.0. The lowest BCUT2D eigenvalue weighted by molar-refractivity contribution is 0.222. The standard InChI is InChI=1S/C12H18N2O4S2/c1-13-7-9-14(10-8-13)20(17,18)12-6-4-3-5-11(12)19(2,15)16/h3-6H,7-10H2,1-2H3. The van der Waals surface area contributed by atoms with Gasteiger partial charge in [-0.25, -0.2) is 16.8 Å². The van der Waals surface area contributed by atoms with Crippen LogP contribution in [0.5, 0.6) is 0 Å². The molecule has 6 nitrogen and oxygen atoms in total. The van der Waals surface area contributed by atoms with Crippen molar-refractivity contribution < 1.29 is 16.8 Å². The van der Waals surface area contributed by atoms with Crippen LogP contribution in [0.15, 0.2) is 34.1 Å². The maximum absolute atomic E-state index is 12.6. The minimum absolute atomic E-state index is 0.132. The Morgan fingerprint density at radius 2 is 1.40 bits per heavy atom. The lowest BCUT2D eigenvalue weighted by Gasteiger charge is -2.31. The van der Waals surface area contributed by atoms with E-state index in [-0.39, 0.29) is 9.79 Å². The van der Waals surface area contributed by atoms with Crippen LogP contribution in [0.1, 0.15) is 0 Å². The van der Waals surface area contributed by atoms with Crippen molar-refractivity contribution in [2.24, 2.45) is 0 Å². The molecule has 0 N–H and O–H groups in total. The maximum atomic E-state index is 12.6. The molecule has 0 bridgehead atoms. The van der Waals surface area contributed by atoms with Crippen LogP contribution in [0.25, 0.3) is 0 Å². The first kappa shape index (κ1) is 15.4. The summed E-state index contributed by atoms with van der Waals surface area (Å²) in [4.78, 5) is 1.76. The van der Waals surface area contributed by atoms with Crippen molar-refractivity contribution in [1.82, 2.24) is 9.21 Å². The van der Waals surface area contributed by atoms with E-state index < -0.39 is 19.9 Å². The summed E-state index contributed by atoms with van der Waals surface area (Å²) in [6.45, 7) is 2.02. The van der Waals surface area contributed by atoms with E-state index in [1.165, 1.54) is 28.6 Å². The average Bonchev–Trinajstić information content (AvgIpc) is 2.38. The van der Waals surface area contributed by atoms with Crippen LogP contribution in [-0.2, 0) is 19.9 Å². The molecule has 0 aliphatic carbocycles. The molecule has 0 aromatic heterocycles. The molecule has 1 saturated heterocycles. The number of rotatable bonds is 3. The molecule has 112 valence electrons. The second kappa shape index (κ2) is 5.44. The van der Waals surface area contributed by atoms with Crippen LogP contribution >= 0.6 is 0 Å². The first-order chi connectivity index (χ1) is 9.23. The Morgan fingerprint density at radius 3 is 1.90 bits per heavy atom. The van der Waals surface area contributed by atoms with Crippen LogP contribution in [0, 0.1) is 0 Å². The largest absolute Gasteiger partial charge is 0.304 e. The smallest absolute Gasteiger partial charge is 0.244 e. The number of likely N-dealkylation sites (N-methyl/N-ethyl adjacent to an activating group) is 1. The van der Waals surface area contributed by atoms with E-state index in [4.69, 9.17) is 0 Å². The predicted octanol–water partition coefficient (Wildman–Crippen LogP) is 0.0262. The van der Waals surface area contributed by atoms with E-state index in [0.717, 1.165) is 6.26 Å². The third-order valence-electron chi connectivity index (χ3n) is 3.33. The Bertz CT molecular complexity index is 690. The van der Waals surface area contributed by atoms with Gasteiger partial charge in [-0.15, -0.1) is 0 Å². The number of hydrogen-bond donors (Lipinski definition) is 0. The molecule has 1 aromatic rings. The minimum atomic E-state index is -3.77. The number of hydrogen-bond acceptors (Lipinski definition) is 5. The molecular formula is C12H18N2O4S2. The Kier molecular flexibility index (Phi) is 4.19. The molecule has 1 fully saturated rings. The highest BCUT2D eigenvalue weighted by molar-refractivity contribution is 7.93. The van der Waals surface area contributed by atoms with Crippen LogP contribution in [0.3, 0.4) is 0 Å². The van der Waals surface area contributed by atoms with Gasteiger partial charge in [0, 0.05) is 32.4 Å². The fraction of sp³-hybridized carbons (Fsp3) is 0.500. The van der Waals surface area contributed by atoms with Crippen molar-refractivity contribution >= 4 is 19.9 Å². The van der Waals surface area contributed by atoms with Crippen molar-refractivity contribution in [3.63, 3.8) is 0 Å². The van der Waals surface area contributed by atoms with Gasteiger partial charge in [-0.3, -0.25) is 0 Å². The van der Waals surface area contributed by atoms with Crippen molar-refractivity contribution in [3.8, 4) is 0 Å². The molecular weight excluding hydrogens is 300 g/mol. The topological polar surface area (TPSA) is 74.8 Å². The van der Waals surface area contributed by atoms with E-state index in [9.17, 15) is 16.8 Å². The second-order valence-electron chi connectivity index (χ2n) is 4.93. The van der Waals surface area contributed by atoms with Crippen molar-refractivity contribution in [2.45, 2.75) is 9.79 Å². The van der Waals surface area contributed by atoms with Gasteiger partial charge in [0.1, 0.15) is 4.90 Å². The number of sulfonamides is 1. The van der Waals surface area contributed by atoms with Gasteiger partial charge in [-0.2, -0.15) is 4.31 Å². The molecule has 0 saturated carbocycles. The third-order valence-corrected chi connectivity index (χ3v) is 6.57. The van der Waals surface area contributed by atoms with E-state index in [2.05, 4.69) is 0 Å². The van der Waals surface area contributed by atoms with Crippen molar-refractivity contribution in [2.75, 3.05) is 39.5 Å². The van der Waals surface area contributed by atoms with Gasteiger partial charge in [0.15, 0.2) is 9.84 Å². The van der Waals surface area contributed by atoms with Gasteiger partial charge in [-0.1, -0.05) is 12.1 Å². The monoisotopic (exact) mass is 318 g/mol. The molecule has 1 aliphatic heterocycles. The molecule has 0 radical (unpaired) electrons. The van der Waals surface area contributed by atoms with E-state index >= 15 is 0 Å². The normalized spacial score (nSPS) is 19.1. The number of benzene rings is 1. The van der Waals surface area contributed by atoms with Gasteiger partial charge in [0.25, 0.3) is 0 Å². The molecule has 1 aliphatic rings. The Balaban J connectivity index is 2.46. The zero-order chi connectivity index (χ0) is 15.0. The summed E-state index contributed by atoms with van der Waals surface area (Å²) >= 11 is 0. The summed E-state index contributed by atoms with van der Waals surface area (Å²) in [5.74, 6) is 0. The molecule has 0 spiro atoms. The fourth-order valence-corrected chi connectivity index (χ4v) is 5.16. The molecule has 20 heavy (non-hydrogen) atoms. The Hall–Kier alpha value is -0.960. The van der Waals surface area contributed by atoms with Crippen LogP contribution < -0.4 is 0 Å². The van der Waals surface area contributed by atoms with Crippen LogP contribution in [0.4, 0.5) is 0 Å². The highest BCUT2D eigenvalue weighted by atomic mass is 32.2. The lowest BCUT2D eigenvalue weighted by Crippen LogP contribution is -2.47. The molecule has 0 atom stereocenters. The lowest BCUT2D eigenvalue weighted by atomic mass is 10.4. The SMILES string of the molecule is CN1CCN(S(=O)(=O)c2ccccc2S(C)(=O)=O)CC1. The Labute approximate surface area is 120 Å². The molecule has 8 heteroatoms. The molecule has 0 unspecified atom stereocenters. The molecule has 2 rings (SSSR count). The fourth-order valence-electron chi connectivity index (χ4n) is 2.14. The third kappa shape index (κ3) is 3.03. The number of piperazine rings is 1. The van der Waals surface area contributed by atoms with Crippen molar-refractivity contribution in [3.05, 3.63) is 24.3 Å². The second-order valence-corrected chi connectivity index (χ2v) is 8.82. The maximum Gasteiger partial charge on any atom is 0.244 e. The average molecular weight is 318 g/mol. The molecule has 0 amide bonds. The van der Waals surface area contributed by atoms with Crippen LogP contribution in [0.2, 0.25) is 0 Å². The molecule has 1 heterocycles. The zero-order valence-electron chi connectivity index (χ0n) is 11.5. The summed E-state index contributed by atoms with van der Waals surface area (Å²) in [6.07, 6.45) is 1.02. The van der Waals surface area contributed by atoms with Gasteiger partial charge >= 0.3 is 0 Å². The minimum Gasteiger partial charge on any atom is -0.304 e. The predicted molar refractivity (Wildman–Crippen MR) is 75.8 cm³/mol. The number of sulfone groups is 1. The van der Waals surface area contributed by atoms with Crippen LogP contribution in [-0.4, -0.2) is 65.5 Å². The van der Waals surface area contributed by atoms with E-state index in [0.29, 0.717) is 26.2 Å². The summed E-state index contributed by atoms with van der Waals surface area (Å²) in [5.41, 5.74) is 0. The highest BCUT2D eigenvalue weighted by Gasteiger charge is 2.31. The Morgan fingerprint density at radius 1 is 0.900 bits per heavy atom. The number of nitrogens with zero attached hydrogens (tertiary/aromatic N) is 2. The summed E-state index contributed by atoms with van der Waals surface area (Å²) in [7, 11) is -5.43. The van der Waals surface area contributed by atoms with Gasteiger partial charge < -0.3 is 4.90 Å². The summed E-state index contributed by atoms with van der Waals surface area (Å²) in [6, 6.07) is 5.75. The van der Waals surface area contributed by atoms with E-state index in [1.807, 2.05) is 11.9 Å².